The first kappa shape index (κ1) is 17.6. The molecule has 0 bridgehead atoms. The first-order valence-corrected chi connectivity index (χ1v) is 8.82. The third kappa shape index (κ3) is 4.67. The van der Waals surface area contributed by atoms with Crippen LogP contribution >= 0.6 is 11.6 Å². The van der Waals surface area contributed by atoms with Gasteiger partial charge in [0.05, 0.1) is 0 Å². The topological polar surface area (TPSA) is 82.1 Å². The average molecular weight is 363 g/mol. The molecule has 0 radical (unpaired) electrons. The molecule has 0 aromatic carbocycles. The number of anilines is 3. The van der Waals surface area contributed by atoms with E-state index in [9.17, 15) is 0 Å². The number of piperazine rings is 1. The molecule has 3 rings (SSSR count). The van der Waals surface area contributed by atoms with Crippen LogP contribution in [0.15, 0.2) is 24.8 Å². The largest absolute Gasteiger partial charge is 0.383 e. The van der Waals surface area contributed by atoms with Crippen LogP contribution in [-0.4, -0.2) is 71.2 Å². The molecule has 0 saturated carbocycles. The Kier molecular flexibility index (Phi) is 6.19. The third-order valence-corrected chi connectivity index (χ3v) is 4.49. The van der Waals surface area contributed by atoms with Crippen molar-refractivity contribution in [1.29, 1.82) is 0 Å². The highest BCUT2D eigenvalue weighted by molar-refractivity contribution is 6.32. The van der Waals surface area contributed by atoms with Gasteiger partial charge in [0.25, 0.3) is 0 Å². The van der Waals surface area contributed by atoms with Gasteiger partial charge in [0.2, 0.25) is 5.95 Å². The van der Waals surface area contributed by atoms with Crippen LogP contribution in [0.5, 0.6) is 0 Å². The zero-order valence-corrected chi connectivity index (χ0v) is 15.1. The highest BCUT2D eigenvalue weighted by Gasteiger charge is 2.18. The summed E-state index contributed by atoms with van der Waals surface area (Å²) in [6.07, 6.45) is 6.08. The zero-order valence-electron chi connectivity index (χ0n) is 14.3. The van der Waals surface area contributed by atoms with Gasteiger partial charge in [0.1, 0.15) is 12.0 Å². The first-order chi connectivity index (χ1) is 12.3. The summed E-state index contributed by atoms with van der Waals surface area (Å²) in [5.41, 5.74) is 0.737. The monoisotopic (exact) mass is 362 g/mol. The molecule has 8 nitrogen and oxygen atoms in total. The summed E-state index contributed by atoms with van der Waals surface area (Å²) < 4.78 is 0. The van der Waals surface area contributed by atoms with E-state index in [1.165, 1.54) is 6.33 Å². The molecule has 0 atom stereocenters. The van der Waals surface area contributed by atoms with Gasteiger partial charge in [-0.15, -0.1) is 0 Å². The predicted octanol–water partition coefficient (Wildman–Crippen LogP) is 1.59. The van der Waals surface area contributed by atoms with Crippen molar-refractivity contribution in [3.63, 3.8) is 0 Å². The van der Waals surface area contributed by atoms with E-state index < -0.39 is 0 Å². The molecule has 1 aliphatic rings. The zero-order chi connectivity index (χ0) is 17.5. The molecule has 1 aliphatic heterocycles. The Balaban J connectivity index is 1.39. The summed E-state index contributed by atoms with van der Waals surface area (Å²) in [5.74, 6) is 1.57. The number of rotatable bonds is 7. The summed E-state index contributed by atoms with van der Waals surface area (Å²) in [7, 11) is 1.81. The predicted molar refractivity (Wildman–Crippen MR) is 100 cm³/mol. The lowest BCUT2D eigenvalue weighted by molar-refractivity contribution is 0.256. The van der Waals surface area contributed by atoms with Gasteiger partial charge < -0.3 is 15.5 Å². The lowest BCUT2D eigenvalue weighted by atomic mass is 10.3. The Bertz CT molecular complexity index is 660. The van der Waals surface area contributed by atoms with Gasteiger partial charge in [-0.3, -0.25) is 4.90 Å². The van der Waals surface area contributed by atoms with E-state index >= 15 is 0 Å². The van der Waals surface area contributed by atoms with E-state index in [4.69, 9.17) is 11.6 Å². The second kappa shape index (κ2) is 8.77. The number of aromatic nitrogens is 4. The normalized spacial score (nSPS) is 15.2. The van der Waals surface area contributed by atoms with E-state index in [0.29, 0.717) is 5.15 Å². The Morgan fingerprint density at radius 3 is 2.56 bits per heavy atom. The molecule has 9 heteroatoms. The van der Waals surface area contributed by atoms with Crippen molar-refractivity contribution in [3.05, 3.63) is 29.9 Å². The Labute approximate surface area is 152 Å². The van der Waals surface area contributed by atoms with Crippen LogP contribution in [0.3, 0.4) is 0 Å². The number of hydrogen-bond donors (Lipinski definition) is 2. The minimum Gasteiger partial charge on any atom is -0.383 e. The third-order valence-electron chi connectivity index (χ3n) is 4.20. The molecule has 2 aromatic heterocycles. The van der Waals surface area contributed by atoms with Crippen molar-refractivity contribution < 1.29 is 0 Å². The molecule has 2 aromatic rings. The van der Waals surface area contributed by atoms with Crippen LogP contribution < -0.4 is 15.5 Å². The maximum absolute atomic E-state index is 6.05. The first-order valence-electron chi connectivity index (χ1n) is 8.44. The van der Waals surface area contributed by atoms with Crippen LogP contribution in [0.4, 0.5) is 17.5 Å². The van der Waals surface area contributed by atoms with Crippen LogP contribution in [0.25, 0.3) is 0 Å². The van der Waals surface area contributed by atoms with Crippen molar-refractivity contribution in [3.8, 4) is 0 Å². The molecule has 0 aliphatic carbocycles. The van der Waals surface area contributed by atoms with E-state index in [0.717, 1.165) is 63.1 Å². The second-order valence-corrected chi connectivity index (χ2v) is 6.15. The molecular weight excluding hydrogens is 340 g/mol. The van der Waals surface area contributed by atoms with Crippen LogP contribution in [-0.2, 0) is 0 Å². The SMILES string of the molecule is CNc1c(Cl)ncnc1NCCCN1CCN(c2ncccn2)CC1. The fourth-order valence-electron chi connectivity index (χ4n) is 2.86. The molecule has 3 heterocycles. The molecule has 1 saturated heterocycles. The van der Waals surface area contributed by atoms with E-state index in [-0.39, 0.29) is 0 Å². The molecule has 0 spiro atoms. The Morgan fingerprint density at radius 1 is 1.08 bits per heavy atom. The number of hydrogen-bond acceptors (Lipinski definition) is 8. The van der Waals surface area contributed by atoms with Crippen molar-refractivity contribution >= 4 is 29.1 Å². The van der Waals surface area contributed by atoms with Gasteiger partial charge in [0.15, 0.2) is 11.0 Å². The molecule has 2 N–H and O–H groups in total. The summed E-state index contributed by atoms with van der Waals surface area (Å²) in [6.45, 7) is 5.86. The van der Waals surface area contributed by atoms with Crippen LogP contribution in [0.2, 0.25) is 5.15 Å². The average Bonchev–Trinajstić information content (AvgIpc) is 2.66. The van der Waals surface area contributed by atoms with E-state index in [2.05, 4.69) is 40.4 Å². The fourth-order valence-corrected chi connectivity index (χ4v) is 3.08. The van der Waals surface area contributed by atoms with Gasteiger partial charge in [-0.2, -0.15) is 0 Å². The van der Waals surface area contributed by atoms with Crippen molar-refractivity contribution in [2.24, 2.45) is 0 Å². The molecule has 134 valence electrons. The minimum atomic E-state index is 0.430. The van der Waals surface area contributed by atoms with E-state index in [1.54, 1.807) is 12.4 Å². The van der Waals surface area contributed by atoms with Crippen LogP contribution in [0, 0.1) is 0 Å². The number of nitrogens with zero attached hydrogens (tertiary/aromatic N) is 6. The van der Waals surface area contributed by atoms with Gasteiger partial charge in [-0.05, 0) is 19.0 Å². The van der Waals surface area contributed by atoms with Gasteiger partial charge in [-0.25, -0.2) is 19.9 Å². The molecule has 0 unspecified atom stereocenters. The molecule has 1 fully saturated rings. The van der Waals surface area contributed by atoms with Gasteiger partial charge in [-0.1, -0.05) is 11.6 Å². The molecular formula is C16H23ClN8. The lowest BCUT2D eigenvalue weighted by Gasteiger charge is -2.34. The number of nitrogens with one attached hydrogen (secondary N) is 2. The van der Waals surface area contributed by atoms with Crippen molar-refractivity contribution in [2.45, 2.75) is 6.42 Å². The second-order valence-electron chi connectivity index (χ2n) is 5.80. The van der Waals surface area contributed by atoms with Crippen LogP contribution in [0.1, 0.15) is 6.42 Å². The Hall–Kier alpha value is -2.19. The fraction of sp³-hybridized carbons (Fsp3) is 0.500. The summed E-state index contributed by atoms with van der Waals surface area (Å²) in [6, 6.07) is 1.84. The standard InChI is InChI=1S/C16H23ClN8/c1-18-13-14(17)22-12-23-15(13)19-6-3-7-24-8-10-25(11-9-24)16-20-4-2-5-21-16/h2,4-5,12,18H,3,6-11H2,1H3,(H,19,22,23). The van der Waals surface area contributed by atoms with Crippen molar-refractivity contribution in [1.82, 2.24) is 24.8 Å². The summed E-state index contributed by atoms with van der Waals surface area (Å²) in [4.78, 5) is 21.5. The Morgan fingerprint density at radius 2 is 1.84 bits per heavy atom. The highest BCUT2D eigenvalue weighted by Crippen LogP contribution is 2.25. The molecule has 25 heavy (non-hydrogen) atoms. The lowest BCUT2D eigenvalue weighted by Crippen LogP contribution is -2.47. The smallest absolute Gasteiger partial charge is 0.225 e. The minimum absolute atomic E-state index is 0.430. The number of halogens is 1. The highest BCUT2D eigenvalue weighted by atomic mass is 35.5. The van der Waals surface area contributed by atoms with E-state index in [1.807, 2.05) is 13.1 Å². The van der Waals surface area contributed by atoms with Gasteiger partial charge in [0, 0.05) is 52.2 Å². The molecule has 0 amide bonds. The summed E-state index contributed by atoms with van der Waals surface area (Å²) >= 11 is 6.05. The maximum atomic E-state index is 6.05. The summed E-state index contributed by atoms with van der Waals surface area (Å²) in [5, 5.41) is 6.78. The quantitative estimate of drug-likeness (QED) is 0.567. The van der Waals surface area contributed by atoms with Gasteiger partial charge >= 0.3 is 0 Å². The van der Waals surface area contributed by atoms with Crippen molar-refractivity contribution in [2.75, 3.05) is 61.8 Å². The maximum Gasteiger partial charge on any atom is 0.225 e.